The molecule has 88 valence electrons. The number of aldehydes is 1. The van der Waals surface area contributed by atoms with Gasteiger partial charge in [-0.1, -0.05) is 0 Å². The second-order valence-electron chi connectivity index (χ2n) is 4.25. The minimum absolute atomic E-state index is 0.508. The highest BCUT2D eigenvalue weighted by molar-refractivity contribution is 7.99. The number of aromatic nitrogens is 3. The number of hydrogen-bond acceptors (Lipinski definition) is 4. The van der Waals surface area contributed by atoms with Crippen molar-refractivity contribution in [3.63, 3.8) is 0 Å². The van der Waals surface area contributed by atoms with Gasteiger partial charge in [0.25, 0.3) is 0 Å². The quantitative estimate of drug-likeness (QED) is 0.763. The highest BCUT2D eigenvalue weighted by atomic mass is 32.2. The predicted octanol–water partition coefficient (Wildman–Crippen LogP) is 2.15. The molecule has 2 aromatic rings. The third-order valence-electron chi connectivity index (χ3n) is 3.18. The van der Waals surface area contributed by atoms with Gasteiger partial charge < -0.3 is 0 Å². The SMILES string of the molecule is O=Cc1ccn2c(C3CCSCC3)nnc2c1. The Morgan fingerprint density at radius 2 is 2.18 bits per heavy atom. The first-order valence-corrected chi connectivity index (χ1v) is 6.91. The molecule has 1 aliphatic heterocycles. The van der Waals surface area contributed by atoms with Gasteiger partial charge in [0.15, 0.2) is 5.65 Å². The summed E-state index contributed by atoms with van der Waals surface area (Å²) in [5, 5.41) is 8.43. The van der Waals surface area contributed by atoms with Crippen LogP contribution < -0.4 is 0 Å². The van der Waals surface area contributed by atoms with Crippen molar-refractivity contribution in [3.05, 3.63) is 29.7 Å². The lowest BCUT2D eigenvalue weighted by atomic mass is 10.0. The Balaban J connectivity index is 2.02. The summed E-state index contributed by atoms with van der Waals surface area (Å²) in [6, 6.07) is 3.59. The first-order valence-electron chi connectivity index (χ1n) is 5.76. The largest absolute Gasteiger partial charge is 0.298 e. The molecule has 17 heavy (non-hydrogen) atoms. The molecule has 0 aliphatic carbocycles. The van der Waals surface area contributed by atoms with E-state index in [9.17, 15) is 4.79 Å². The summed E-state index contributed by atoms with van der Waals surface area (Å²) < 4.78 is 2.01. The van der Waals surface area contributed by atoms with Crippen LogP contribution in [0.2, 0.25) is 0 Å². The highest BCUT2D eigenvalue weighted by Crippen LogP contribution is 2.30. The van der Waals surface area contributed by atoms with Crippen LogP contribution >= 0.6 is 11.8 Å². The van der Waals surface area contributed by atoms with Gasteiger partial charge in [0, 0.05) is 17.7 Å². The van der Waals surface area contributed by atoms with Crippen molar-refractivity contribution in [1.29, 1.82) is 0 Å². The molecule has 0 spiro atoms. The van der Waals surface area contributed by atoms with E-state index in [-0.39, 0.29) is 0 Å². The molecule has 1 saturated heterocycles. The molecular formula is C12H13N3OS. The summed E-state index contributed by atoms with van der Waals surface area (Å²) in [5.41, 5.74) is 1.42. The van der Waals surface area contributed by atoms with Gasteiger partial charge in [-0.15, -0.1) is 10.2 Å². The van der Waals surface area contributed by atoms with E-state index in [1.807, 2.05) is 28.4 Å². The van der Waals surface area contributed by atoms with Crippen molar-refractivity contribution >= 4 is 23.7 Å². The molecule has 0 bridgehead atoms. The maximum atomic E-state index is 10.7. The van der Waals surface area contributed by atoms with Crippen molar-refractivity contribution in [2.24, 2.45) is 0 Å². The molecule has 4 nitrogen and oxygen atoms in total. The van der Waals surface area contributed by atoms with Gasteiger partial charge in [0.1, 0.15) is 12.1 Å². The zero-order chi connectivity index (χ0) is 11.7. The third kappa shape index (κ3) is 1.95. The summed E-state index contributed by atoms with van der Waals surface area (Å²) in [6.07, 6.45) is 5.07. The Hall–Kier alpha value is -1.36. The average Bonchev–Trinajstić information content (AvgIpc) is 2.82. The van der Waals surface area contributed by atoms with Crippen LogP contribution in [0, 0.1) is 0 Å². The first kappa shape index (κ1) is 10.8. The van der Waals surface area contributed by atoms with Crippen LogP contribution in [-0.4, -0.2) is 32.4 Å². The average molecular weight is 247 g/mol. The fourth-order valence-corrected chi connectivity index (χ4v) is 3.34. The molecule has 1 aliphatic rings. The van der Waals surface area contributed by atoms with Crippen molar-refractivity contribution in [2.45, 2.75) is 18.8 Å². The molecule has 0 N–H and O–H groups in total. The smallest absolute Gasteiger partial charge is 0.161 e. The number of carbonyl (C=O) groups excluding carboxylic acids is 1. The fraction of sp³-hybridized carbons (Fsp3) is 0.417. The van der Waals surface area contributed by atoms with Gasteiger partial charge in [-0.05, 0) is 36.5 Å². The molecule has 1 fully saturated rings. The predicted molar refractivity (Wildman–Crippen MR) is 67.7 cm³/mol. The lowest BCUT2D eigenvalue weighted by molar-refractivity contribution is 0.112. The number of nitrogens with zero attached hydrogens (tertiary/aromatic N) is 3. The number of pyridine rings is 1. The van der Waals surface area contributed by atoms with Crippen molar-refractivity contribution in [2.75, 3.05) is 11.5 Å². The zero-order valence-corrected chi connectivity index (χ0v) is 10.2. The van der Waals surface area contributed by atoms with Gasteiger partial charge in [0.2, 0.25) is 0 Å². The van der Waals surface area contributed by atoms with Gasteiger partial charge in [-0.25, -0.2) is 0 Å². The Morgan fingerprint density at radius 3 is 2.94 bits per heavy atom. The lowest BCUT2D eigenvalue weighted by Gasteiger charge is -2.19. The number of hydrogen-bond donors (Lipinski definition) is 0. The van der Waals surface area contributed by atoms with E-state index in [1.54, 1.807) is 6.07 Å². The Labute approximate surface area is 103 Å². The van der Waals surface area contributed by atoms with Crippen LogP contribution in [0.3, 0.4) is 0 Å². The van der Waals surface area contributed by atoms with E-state index >= 15 is 0 Å². The zero-order valence-electron chi connectivity index (χ0n) is 9.37. The molecule has 5 heteroatoms. The van der Waals surface area contributed by atoms with Crippen molar-refractivity contribution < 1.29 is 4.79 Å². The van der Waals surface area contributed by atoms with Crippen molar-refractivity contribution in [3.8, 4) is 0 Å². The molecule has 3 rings (SSSR count). The Bertz CT molecular complexity index is 546. The van der Waals surface area contributed by atoms with E-state index < -0.39 is 0 Å². The minimum atomic E-state index is 0.508. The Kier molecular flexibility index (Phi) is 2.84. The summed E-state index contributed by atoms with van der Waals surface area (Å²) >= 11 is 2.00. The first-order chi connectivity index (χ1) is 8.38. The Morgan fingerprint density at radius 1 is 1.35 bits per heavy atom. The summed E-state index contributed by atoms with van der Waals surface area (Å²) in [6.45, 7) is 0. The lowest BCUT2D eigenvalue weighted by Crippen LogP contribution is -2.11. The topological polar surface area (TPSA) is 47.3 Å². The maximum absolute atomic E-state index is 10.7. The highest BCUT2D eigenvalue weighted by Gasteiger charge is 2.20. The molecule has 0 aromatic carbocycles. The maximum Gasteiger partial charge on any atom is 0.161 e. The van der Waals surface area contributed by atoms with E-state index in [2.05, 4.69) is 10.2 Å². The van der Waals surface area contributed by atoms with Crippen molar-refractivity contribution in [1.82, 2.24) is 14.6 Å². The third-order valence-corrected chi connectivity index (χ3v) is 4.23. The van der Waals surface area contributed by atoms with Gasteiger partial charge in [-0.3, -0.25) is 9.20 Å². The molecule has 0 amide bonds. The van der Waals surface area contributed by atoms with Gasteiger partial charge >= 0.3 is 0 Å². The fourth-order valence-electron chi connectivity index (χ4n) is 2.23. The standard InChI is InChI=1S/C12H13N3OS/c16-8-9-1-4-15-11(7-9)13-14-12(15)10-2-5-17-6-3-10/h1,4,7-8,10H,2-3,5-6H2. The summed E-state index contributed by atoms with van der Waals surface area (Å²) in [7, 11) is 0. The second kappa shape index (κ2) is 4.49. The van der Waals surface area contributed by atoms with Crippen LogP contribution in [0.4, 0.5) is 0 Å². The van der Waals surface area contributed by atoms with Gasteiger partial charge in [0.05, 0.1) is 0 Å². The van der Waals surface area contributed by atoms with E-state index in [0.29, 0.717) is 11.5 Å². The molecule has 0 saturated carbocycles. The molecule has 0 radical (unpaired) electrons. The molecule has 0 atom stereocenters. The van der Waals surface area contributed by atoms with Crippen LogP contribution in [0.5, 0.6) is 0 Å². The van der Waals surface area contributed by atoms with E-state index in [1.165, 1.54) is 24.3 Å². The number of rotatable bonds is 2. The number of fused-ring (bicyclic) bond motifs is 1. The van der Waals surface area contributed by atoms with E-state index in [4.69, 9.17) is 0 Å². The monoisotopic (exact) mass is 247 g/mol. The summed E-state index contributed by atoms with van der Waals surface area (Å²) in [5.74, 6) is 3.95. The number of thioether (sulfide) groups is 1. The van der Waals surface area contributed by atoms with Crippen LogP contribution in [0.1, 0.15) is 34.9 Å². The molecule has 3 heterocycles. The molecule has 2 aromatic heterocycles. The second-order valence-corrected chi connectivity index (χ2v) is 5.48. The van der Waals surface area contributed by atoms with Gasteiger partial charge in [-0.2, -0.15) is 11.8 Å². The molecule has 0 unspecified atom stereocenters. The summed E-state index contributed by atoms with van der Waals surface area (Å²) in [4.78, 5) is 10.7. The van der Waals surface area contributed by atoms with E-state index in [0.717, 1.165) is 17.8 Å². The molecular weight excluding hydrogens is 234 g/mol. The van der Waals surface area contributed by atoms with Crippen LogP contribution in [0.25, 0.3) is 5.65 Å². The number of carbonyl (C=O) groups is 1. The van der Waals surface area contributed by atoms with Crippen LogP contribution in [-0.2, 0) is 0 Å². The minimum Gasteiger partial charge on any atom is -0.298 e. The normalized spacial score (nSPS) is 17.4. The van der Waals surface area contributed by atoms with Crippen LogP contribution in [0.15, 0.2) is 18.3 Å².